The van der Waals surface area contributed by atoms with Gasteiger partial charge in [0.05, 0.1) is 11.6 Å². The van der Waals surface area contributed by atoms with Gasteiger partial charge in [0.15, 0.2) is 18.3 Å². The van der Waals surface area contributed by atoms with Crippen molar-refractivity contribution in [2.24, 2.45) is 11.8 Å². The first-order valence-corrected chi connectivity index (χ1v) is 11.1. The van der Waals surface area contributed by atoms with Gasteiger partial charge in [-0.05, 0) is 49.9 Å². The molecule has 0 spiro atoms. The highest BCUT2D eigenvalue weighted by Gasteiger charge is 2.30. The summed E-state index contributed by atoms with van der Waals surface area (Å²) in [6.45, 7) is 4.22. The fourth-order valence-electron chi connectivity index (χ4n) is 4.16. The van der Waals surface area contributed by atoms with Gasteiger partial charge in [-0.3, -0.25) is 9.89 Å². The minimum absolute atomic E-state index is 0.0188. The van der Waals surface area contributed by atoms with Crippen molar-refractivity contribution in [2.45, 2.75) is 46.0 Å². The Labute approximate surface area is 186 Å². The lowest BCUT2D eigenvalue weighted by Gasteiger charge is -2.28. The van der Waals surface area contributed by atoms with Crippen molar-refractivity contribution in [3.8, 4) is 11.4 Å². The number of esters is 1. The Morgan fingerprint density at radius 3 is 2.81 bits per heavy atom. The largest absolute Gasteiger partial charge is 0.438 e. The van der Waals surface area contributed by atoms with Crippen LogP contribution in [0.25, 0.3) is 17.0 Å². The van der Waals surface area contributed by atoms with E-state index in [0.717, 1.165) is 42.6 Å². The molecule has 0 bridgehead atoms. The van der Waals surface area contributed by atoms with Crippen molar-refractivity contribution < 1.29 is 14.3 Å². The van der Waals surface area contributed by atoms with Crippen LogP contribution in [0.1, 0.15) is 44.7 Å². The van der Waals surface area contributed by atoms with Gasteiger partial charge >= 0.3 is 5.97 Å². The van der Waals surface area contributed by atoms with Crippen LogP contribution in [-0.4, -0.2) is 39.3 Å². The molecule has 1 saturated carbocycles. The molecule has 0 aliphatic heterocycles. The van der Waals surface area contributed by atoms with Crippen LogP contribution in [0.15, 0.2) is 24.3 Å². The summed E-state index contributed by atoms with van der Waals surface area (Å²) in [7, 11) is 0. The number of ether oxygens (including phenoxy) is 2. The summed E-state index contributed by atoms with van der Waals surface area (Å²) in [6.07, 6.45) is 5.38. The van der Waals surface area contributed by atoms with Gasteiger partial charge in [-0.25, -0.2) is 4.98 Å². The van der Waals surface area contributed by atoms with E-state index in [2.05, 4.69) is 27.4 Å². The molecule has 2 unspecified atom stereocenters. The highest BCUT2D eigenvalue weighted by Crippen LogP contribution is 2.33. The number of aryl methyl sites for hydroxylation is 1. The molecule has 1 aliphatic carbocycles. The molecule has 2 atom stereocenters. The van der Waals surface area contributed by atoms with Crippen LogP contribution in [0, 0.1) is 18.8 Å². The van der Waals surface area contributed by atoms with E-state index >= 15 is 0 Å². The van der Waals surface area contributed by atoms with Gasteiger partial charge in [-0.2, -0.15) is 4.63 Å². The summed E-state index contributed by atoms with van der Waals surface area (Å²) >= 11 is 6.22. The Morgan fingerprint density at radius 2 is 2.06 bits per heavy atom. The number of fused-ring (bicyclic) bond motifs is 1. The van der Waals surface area contributed by atoms with E-state index < -0.39 is 0 Å². The average Bonchev–Trinajstić information content (AvgIpc) is 3.32. The highest BCUT2D eigenvalue weighted by atomic mass is 35.5. The molecule has 4 rings (SSSR count). The maximum Gasteiger partial charge on any atom is 0.311 e. The first-order valence-electron chi connectivity index (χ1n) is 10.8. The van der Waals surface area contributed by atoms with E-state index in [9.17, 15) is 4.79 Å². The zero-order chi connectivity index (χ0) is 21.8. The third kappa shape index (κ3) is 4.85. The third-order valence-corrected chi connectivity index (χ3v) is 6.40. The summed E-state index contributed by atoms with van der Waals surface area (Å²) in [5.41, 5.74) is 3.20. The molecule has 1 aromatic carbocycles. The molecular weight excluding hydrogens is 418 g/mol. The second kappa shape index (κ2) is 9.70. The van der Waals surface area contributed by atoms with Gasteiger partial charge in [-0.1, -0.05) is 37.8 Å². The first kappa shape index (κ1) is 21.6. The van der Waals surface area contributed by atoms with Gasteiger partial charge in [-0.15, -0.1) is 5.10 Å². The Kier molecular flexibility index (Phi) is 6.77. The molecule has 9 heteroatoms. The van der Waals surface area contributed by atoms with Gasteiger partial charge in [0.1, 0.15) is 11.8 Å². The van der Waals surface area contributed by atoms with Crippen LogP contribution >= 0.6 is 11.6 Å². The van der Waals surface area contributed by atoms with Crippen molar-refractivity contribution in [2.75, 3.05) is 18.8 Å². The number of carbonyl (C=O) groups is 1. The zero-order valence-corrected chi connectivity index (χ0v) is 18.6. The lowest BCUT2D eigenvalue weighted by molar-refractivity contribution is -0.164. The van der Waals surface area contributed by atoms with Crippen molar-refractivity contribution >= 4 is 28.9 Å². The summed E-state index contributed by atoms with van der Waals surface area (Å²) in [4.78, 5) is 16.8. The van der Waals surface area contributed by atoms with E-state index in [0.29, 0.717) is 22.4 Å². The summed E-state index contributed by atoms with van der Waals surface area (Å²) < 4.78 is 12.3. The standard InChI is InChI=1S/C22H28ClN5O3/c1-3-15-6-4-5-7-18(15)22(29)31-13-30-12-24-17-10-8-16(9-11-17)20-25-21-19(23)14(2)26-28(21)27-20/h8-11,15,18,24,26H,3-7,12-13H2,1-2H3. The van der Waals surface area contributed by atoms with E-state index in [1.165, 1.54) is 6.42 Å². The third-order valence-electron chi connectivity index (χ3n) is 5.95. The molecule has 8 nitrogen and oxygen atoms in total. The van der Waals surface area contributed by atoms with Crippen LogP contribution in [0.5, 0.6) is 0 Å². The smallest absolute Gasteiger partial charge is 0.311 e. The van der Waals surface area contributed by atoms with Crippen molar-refractivity contribution in [3.05, 3.63) is 35.0 Å². The topological polar surface area (TPSA) is 93.5 Å². The normalized spacial score (nSPS) is 18.9. The van der Waals surface area contributed by atoms with Gasteiger partial charge < -0.3 is 14.8 Å². The number of hydrogen-bond acceptors (Lipinski definition) is 6. The predicted molar refractivity (Wildman–Crippen MR) is 119 cm³/mol. The molecular formula is C22H28ClN5O3. The SMILES string of the molecule is CCC1CCCCC1C(=O)OCOCNc1ccc(-c2nc3c(Cl)c(C)[nH]n3n2)cc1. The summed E-state index contributed by atoms with van der Waals surface area (Å²) in [6, 6.07) is 7.68. The molecule has 1 aliphatic rings. The maximum atomic E-state index is 12.3. The second-order valence-electron chi connectivity index (χ2n) is 7.96. The number of nitrogens with one attached hydrogen (secondary N) is 2. The van der Waals surface area contributed by atoms with Crippen LogP contribution < -0.4 is 5.32 Å². The lowest BCUT2D eigenvalue weighted by atomic mass is 9.78. The van der Waals surface area contributed by atoms with Gasteiger partial charge in [0.25, 0.3) is 0 Å². The maximum absolute atomic E-state index is 12.3. The van der Waals surface area contributed by atoms with Crippen molar-refractivity contribution in [3.63, 3.8) is 0 Å². The highest BCUT2D eigenvalue weighted by molar-refractivity contribution is 6.34. The zero-order valence-electron chi connectivity index (χ0n) is 17.9. The quantitative estimate of drug-likeness (QED) is 0.294. The number of aromatic nitrogens is 4. The number of nitrogens with zero attached hydrogens (tertiary/aromatic N) is 3. The van der Waals surface area contributed by atoms with E-state index in [1.807, 2.05) is 31.2 Å². The summed E-state index contributed by atoms with van der Waals surface area (Å²) in [5, 5.41) is 11.2. The number of aromatic amines is 1. The number of benzene rings is 1. The van der Waals surface area contributed by atoms with Crippen LogP contribution in [-0.2, 0) is 14.3 Å². The van der Waals surface area contributed by atoms with Gasteiger partial charge in [0, 0.05) is 11.3 Å². The van der Waals surface area contributed by atoms with Crippen LogP contribution in [0.4, 0.5) is 5.69 Å². The molecule has 2 N–H and O–H groups in total. The molecule has 2 aromatic heterocycles. The lowest BCUT2D eigenvalue weighted by Crippen LogP contribution is -2.29. The Balaban J connectivity index is 1.23. The van der Waals surface area contributed by atoms with E-state index in [-0.39, 0.29) is 25.4 Å². The Bertz CT molecular complexity index is 1030. The van der Waals surface area contributed by atoms with Crippen LogP contribution in [0.2, 0.25) is 5.02 Å². The number of carbonyl (C=O) groups excluding carboxylic acids is 1. The number of halogens is 1. The number of rotatable bonds is 8. The molecule has 1 fully saturated rings. The second-order valence-corrected chi connectivity index (χ2v) is 8.34. The minimum Gasteiger partial charge on any atom is -0.438 e. The van der Waals surface area contributed by atoms with E-state index in [1.54, 1.807) is 4.63 Å². The molecule has 166 valence electrons. The van der Waals surface area contributed by atoms with Crippen molar-refractivity contribution in [1.82, 2.24) is 19.8 Å². The summed E-state index contributed by atoms with van der Waals surface area (Å²) in [5.74, 6) is 0.923. The number of hydrogen-bond donors (Lipinski definition) is 2. The molecule has 0 saturated heterocycles. The molecule has 3 aromatic rings. The molecule has 0 radical (unpaired) electrons. The van der Waals surface area contributed by atoms with Gasteiger partial charge in [0.2, 0.25) is 0 Å². The van der Waals surface area contributed by atoms with Crippen molar-refractivity contribution in [1.29, 1.82) is 0 Å². The predicted octanol–water partition coefficient (Wildman–Crippen LogP) is 4.79. The minimum atomic E-state index is -0.130. The fraction of sp³-hybridized carbons (Fsp3) is 0.500. The monoisotopic (exact) mass is 445 g/mol. The Morgan fingerprint density at radius 1 is 1.29 bits per heavy atom. The number of anilines is 1. The number of H-pyrrole nitrogens is 1. The first-order chi connectivity index (χ1) is 15.1. The molecule has 2 heterocycles. The average molecular weight is 446 g/mol. The van der Waals surface area contributed by atoms with E-state index in [4.69, 9.17) is 21.1 Å². The molecule has 0 amide bonds. The Hall–Kier alpha value is -2.58. The fourth-order valence-corrected chi connectivity index (χ4v) is 4.32. The molecule has 31 heavy (non-hydrogen) atoms. The van der Waals surface area contributed by atoms with Crippen LogP contribution in [0.3, 0.4) is 0 Å².